The molecule has 7 heteroatoms. The van der Waals surface area contributed by atoms with Crippen molar-refractivity contribution in [2.45, 2.75) is 25.9 Å². The van der Waals surface area contributed by atoms with Crippen LogP contribution in [0.2, 0.25) is 5.02 Å². The van der Waals surface area contributed by atoms with Gasteiger partial charge < -0.3 is 5.32 Å². The summed E-state index contributed by atoms with van der Waals surface area (Å²) in [6, 6.07) is 18.6. The summed E-state index contributed by atoms with van der Waals surface area (Å²) in [5.41, 5.74) is 4.83. The number of carbonyl (C=O) groups excluding carboxylic acids is 1. The van der Waals surface area contributed by atoms with E-state index in [-0.39, 0.29) is 17.2 Å². The average Bonchev–Trinajstić information content (AvgIpc) is 2.73. The molecular weight excluding hydrogens is 442 g/mol. The van der Waals surface area contributed by atoms with E-state index in [9.17, 15) is 9.59 Å². The van der Waals surface area contributed by atoms with Crippen molar-refractivity contribution in [1.29, 1.82) is 0 Å². The fourth-order valence-electron chi connectivity index (χ4n) is 3.55. The Morgan fingerprint density at radius 2 is 1.72 bits per heavy atom. The summed E-state index contributed by atoms with van der Waals surface area (Å²) >= 11 is 7.45. The molecule has 0 aliphatic heterocycles. The lowest BCUT2D eigenvalue weighted by molar-refractivity contribution is -0.113. The smallest absolute Gasteiger partial charge is 0.266 e. The van der Waals surface area contributed by atoms with Gasteiger partial charge in [0.2, 0.25) is 5.91 Å². The minimum atomic E-state index is -0.227. The maximum Gasteiger partial charge on any atom is 0.266 e. The first-order valence-electron chi connectivity index (χ1n) is 10.1. The number of amides is 1. The van der Waals surface area contributed by atoms with Crippen molar-refractivity contribution in [3.8, 4) is 5.69 Å². The van der Waals surface area contributed by atoms with Crippen molar-refractivity contribution in [2.75, 3.05) is 11.1 Å². The highest BCUT2D eigenvalue weighted by molar-refractivity contribution is 7.99. The second-order valence-corrected chi connectivity index (χ2v) is 9.07. The molecular formula is C25H22ClN3O2S. The third-order valence-corrected chi connectivity index (χ3v) is 6.19. The summed E-state index contributed by atoms with van der Waals surface area (Å²) in [5, 5.41) is 4.31. The van der Waals surface area contributed by atoms with Crippen LogP contribution >= 0.6 is 23.4 Å². The van der Waals surface area contributed by atoms with Gasteiger partial charge >= 0.3 is 0 Å². The molecule has 0 aliphatic rings. The number of fused-ring (bicyclic) bond motifs is 1. The molecule has 0 fully saturated rings. The van der Waals surface area contributed by atoms with Crippen molar-refractivity contribution >= 4 is 45.9 Å². The van der Waals surface area contributed by atoms with Crippen molar-refractivity contribution < 1.29 is 4.79 Å². The third kappa shape index (κ3) is 4.71. The summed E-state index contributed by atoms with van der Waals surface area (Å²) in [5.74, 6) is -0.144. The Kier molecular flexibility index (Phi) is 6.35. The SMILES string of the molecule is Cc1cc(C)cc(-n2c(SCC(=O)Nc3ccc(C)cc3Cl)nc3ccccc3c2=O)c1. The number of aryl methyl sites for hydroxylation is 3. The van der Waals surface area contributed by atoms with Crippen LogP contribution in [0, 0.1) is 20.8 Å². The molecule has 32 heavy (non-hydrogen) atoms. The minimum Gasteiger partial charge on any atom is -0.324 e. The van der Waals surface area contributed by atoms with Crippen LogP contribution in [0.4, 0.5) is 5.69 Å². The van der Waals surface area contributed by atoms with E-state index in [1.807, 2.05) is 51.1 Å². The van der Waals surface area contributed by atoms with Crippen LogP contribution in [0.3, 0.4) is 0 Å². The van der Waals surface area contributed by atoms with Gasteiger partial charge in [-0.3, -0.25) is 14.2 Å². The zero-order valence-electron chi connectivity index (χ0n) is 18.0. The molecule has 5 nitrogen and oxygen atoms in total. The lowest BCUT2D eigenvalue weighted by Crippen LogP contribution is -2.23. The topological polar surface area (TPSA) is 64.0 Å². The molecule has 0 atom stereocenters. The Bertz CT molecular complexity index is 1380. The number of rotatable bonds is 5. The zero-order valence-corrected chi connectivity index (χ0v) is 19.6. The number of para-hydroxylation sites is 1. The molecule has 0 aliphatic carbocycles. The van der Waals surface area contributed by atoms with Crippen molar-refractivity contribution in [3.63, 3.8) is 0 Å². The summed E-state index contributed by atoms with van der Waals surface area (Å²) in [4.78, 5) is 30.7. The van der Waals surface area contributed by atoms with Crippen LogP contribution in [0.5, 0.6) is 0 Å². The van der Waals surface area contributed by atoms with Crippen LogP contribution in [-0.2, 0) is 4.79 Å². The molecule has 0 spiro atoms. The fraction of sp³-hybridized carbons (Fsp3) is 0.160. The lowest BCUT2D eigenvalue weighted by Gasteiger charge is -2.14. The number of hydrogen-bond acceptors (Lipinski definition) is 4. The van der Waals surface area contributed by atoms with E-state index in [4.69, 9.17) is 16.6 Å². The van der Waals surface area contributed by atoms with Crippen LogP contribution in [0.25, 0.3) is 16.6 Å². The predicted octanol–water partition coefficient (Wildman–Crippen LogP) is 5.70. The molecule has 4 rings (SSSR count). The number of carbonyl (C=O) groups is 1. The van der Waals surface area contributed by atoms with Gasteiger partial charge in [-0.05, 0) is 73.9 Å². The molecule has 1 amide bonds. The number of halogens is 1. The normalized spacial score (nSPS) is 11.0. The highest BCUT2D eigenvalue weighted by Crippen LogP contribution is 2.25. The number of anilines is 1. The Hall–Kier alpha value is -3.09. The van der Waals surface area contributed by atoms with Crippen molar-refractivity contribution in [2.24, 2.45) is 0 Å². The summed E-state index contributed by atoms with van der Waals surface area (Å²) < 4.78 is 1.58. The Morgan fingerprint density at radius 3 is 2.44 bits per heavy atom. The maximum atomic E-state index is 13.4. The predicted molar refractivity (Wildman–Crippen MR) is 132 cm³/mol. The molecule has 3 aromatic carbocycles. The second kappa shape index (κ2) is 9.18. The Labute approximate surface area is 195 Å². The molecule has 4 aromatic rings. The quantitative estimate of drug-likeness (QED) is 0.305. The van der Waals surface area contributed by atoms with Crippen molar-refractivity contribution in [3.05, 3.63) is 92.7 Å². The van der Waals surface area contributed by atoms with E-state index >= 15 is 0 Å². The van der Waals surface area contributed by atoms with E-state index in [1.54, 1.807) is 28.8 Å². The molecule has 1 N–H and O–H groups in total. The number of aromatic nitrogens is 2. The van der Waals surface area contributed by atoms with Gasteiger partial charge in [-0.2, -0.15) is 0 Å². The van der Waals surface area contributed by atoms with Crippen LogP contribution in [-0.4, -0.2) is 21.2 Å². The van der Waals surface area contributed by atoms with Gasteiger partial charge in [-0.25, -0.2) is 4.98 Å². The van der Waals surface area contributed by atoms with Crippen LogP contribution in [0.15, 0.2) is 70.6 Å². The first kappa shape index (κ1) is 22.1. The van der Waals surface area contributed by atoms with E-state index in [2.05, 4.69) is 11.4 Å². The van der Waals surface area contributed by atoms with Gasteiger partial charge in [0, 0.05) is 0 Å². The number of hydrogen-bond donors (Lipinski definition) is 1. The maximum absolute atomic E-state index is 13.4. The van der Waals surface area contributed by atoms with Gasteiger partial charge in [0.1, 0.15) is 0 Å². The summed E-state index contributed by atoms with van der Waals surface area (Å²) in [6.07, 6.45) is 0. The molecule has 1 aromatic heterocycles. The third-order valence-electron chi connectivity index (χ3n) is 4.94. The Balaban J connectivity index is 1.69. The molecule has 0 saturated heterocycles. The largest absolute Gasteiger partial charge is 0.324 e. The van der Waals surface area contributed by atoms with E-state index in [1.165, 1.54) is 11.8 Å². The molecule has 0 unspecified atom stereocenters. The van der Waals surface area contributed by atoms with Gasteiger partial charge in [-0.1, -0.05) is 47.6 Å². The van der Waals surface area contributed by atoms with Gasteiger partial charge in [-0.15, -0.1) is 0 Å². The van der Waals surface area contributed by atoms with Gasteiger partial charge in [0.25, 0.3) is 5.56 Å². The molecule has 162 valence electrons. The van der Waals surface area contributed by atoms with Crippen molar-refractivity contribution in [1.82, 2.24) is 9.55 Å². The first-order chi connectivity index (χ1) is 15.3. The fourth-order valence-corrected chi connectivity index (χ4v) is 4.65. The van der Waals surface area contributed by atoms with E-state index in [0.29, 0.717) is 26.8 Å². The molecule has 1 heterocycles. The van der Waals surface area contributed by atoms with Gasteiger partial charge in [0.15, 0.2) is 5.16 Å². The minimum absolute atomic E-state index is 0.0831. The van der Waals surface area contributed by atoms with E-state index < -0.39 is 0 Å². The van der Waals surface area contributed by atoms with E-state index in [0.717, 1.165) is 22.4 Å². The monoisotopic (exact) mass is 463 g/mol. The molecule has 0 bridgehead atoms. The van der Waals surface area contributed by atoms with Gasteiger partial charge in [0.05, 0.1) is 33.1 Å². The average molecular weight is 464 g/mol. The lowest BCUT2D eigenvalue weighted by atomic mass is 10.1. The zero-order chi connectivity index (χ0) is 22.8. The van der Waals surface area contributed by atoms with Crippen LogP contribution in [0.1, 0.15) is 16.7 Å². The second-order valence-electron chi connectivity index (χ2n) is 7.72. The van der Waals surface area contributed by atoms with Crippen LogP contribution < -0.4 is 10.9 Å². The Morgan fingerprint density at radius 1 is 1.00 bits per heavy atom. The first-order valence-corrected chi connectivity index (χ1v) is 11.5. The highest BCUT2D eigenvalue weighted by atomic mass is 35.5. The molecule has 0 saturated carbocycles. The summed E-state index contributed by atoms with van der Waals surface area (Å²) in [7, 11) is 0. The highest BCUT2D eigenvalue weighted by Gasteiger charge is 2.16. The number of nitrogens with zero attached hydrogens (tertiary/aromatic N) is 2. The number of benzene rings is 3. The number of thioether (sulfide) groups is 1. The molecule has 0 radical (unpaired) electrons. The summed E-state index contributed by atoms with van der Waals surface area (Å²) in [6.45, 7) is 5.91. The standard InChI is InChI=1S/C25H22ClN3O2S/c1-15-8-9-22(20(26)13-15)27-23(30)14-32-25-28-21-7-5-4-6-19(21)24(31)29(25)18-11-16(2)10-17(3)12-18/h4-13H,14H2,1-3H3,(H,27,30). The number of nitrogens with one attached hydrogen (secondary N) is 1.